The van der Waals surface area contributed by atoms with E-state index in [1.165, 1.54) is 6.07 Å². The normalized spacial score (nSPS) is 19.3. The Morgan fingerprint density at radius 2 is 2.40 bits per heavy atom. The fourth-order valence-corrected chi connectivity index (χ4v) is 2.15. The molecule has 1 aliphatic heterocycles. The van der Waals surface area contributed by atoms with Gasteiger partial charge in [-0.05, 0) is 11.8 Å². The van der Waals surface area contributed by atoms with E-state index in [0.29, 0.717) is 5.82 Å². The van der Waals surface area contributed by atoms with Crippen molar-refractivity contribution in [2.45, 2.75) is 11.7 Å². The molecular weight excluding hydrogens is 214 g/mol. The van der Waals surface area contributed by atoms with Crippen LogP contribution in [0.15, 0.2) is 17.6 Å². The molecule has 1 aromatic rings. The van der Waals surface area contributed by atoms with E-state index in [1.54, 1.807) is 11.8 Å². The monoisotopic (exact) mass is 223 g/mol. The molecule has 0 radical (unpaired) electrons. The number of nitrogen functional groups attached to an aromatic ring is 1. The van der Waals surface area contributed by atoms with Crippen molar-refractivity contribution in [2.75, 3.05) is 5.73 Å². The van der Waals surface area contributed by atoms with Gasteiger partial charge in [0.1, 0.15) is 11.6 Å². The minimum absolute atomic E-state index is 0.0509. The first-order valence-electron chi connectivity index (χ1n) is 4.35. The standard InChI is InChI=1S/C9H9N3O2S/c10-7-4-5(9(13)14)11-8(12-7)6-2-1-3-15-6/h1,3-4,6H,2H2,(H,13,14)(H2,10,11,12). The molecule has 0 fully saturated rings. The molecule has 1 unspecified atom stereocenters. The van der Waals surface area contributed by atoms with E-state index in [1.807, 2.05) is 11.5 Å². The van der Waals surface area contributed by atoms with Crippen LogP contribution in [-0.2, 0) is 0 Å². The van der Waals surface area contributed by atoms with Crippen LogP contribution in [0.2, 0.25) is 0 Å². The van der Waals surface area contributed by atoms with Gasteiger partial charge in [-0.2, -0.15) is 0 Å². The van der Waals surface area contributed by atoms with Gasteiger partial charge in [0.15, 0.2) is 5.69 Å². The van der Waals surface area contributed by atoms with E-state index >= 15 is 0 Å². The fourth-order valence-electron chi connectivity index (χ4n) is 1.29. The fraction of sp³-hybridized carbons (Fsp3) is 0.222. The highest BCUT2D eigenvalue weighted by molar-refractivity contribution is 8.02. The number of nitrogens with two attached hydrogens (primary N) is 1. The summed E-state index contributed by atoms with van der Waals surface area (Å²) >= 11 is 1.57. The summed E-state index contributed by atoms with van der Waals surface area (Å²) in [4.78, 5) is 18.8. The summed E-state index contributed by atoms with van der Waals surface area (Å²) in [5, 5.41) is 10.9. The van der Waals surface area contributed by atoms with Crippen molar-refractivity contribution in [1.29, 1.82) is 0 Å². The van der Waals surface area contributed by atoms with Gasteiger partial charge in [-0.25, -0.2) is 14.8 Å². The molecule has 0 spiro atoms. The lowest BCUT2D eigenvalue weighted by atomic mass is 10.2. The molecule has 0 aromatic carbocycles. The number of hydrogen-bond donors (Lipinski definition) is 2. The highest BCUT2D eigenvalue weighted by Crippen LogP contribution is 2.36. The van der Waals surface area contributed by atoms with Gasteiger partial charge in [0.2, 0.25) is 0 Å². The number of carbonyl (C=O) groups is 1. The third kappa shape index (κ3) is 2.10. The second kappa shape index (κ2) is 3.90. The molecular formula is C9H9N3O2S. The van der Waals surface area contributed by atoms with Crippen LogP contribution >= 0.6 is 11.8 Å². The van der Waals surface area contributed by atoms with Crippen LogP contribution in [-0.4, -0.2) is 21.0 Å². The second-order valence-electron chi connectivity index (χ2n) is 3.07. The smallest absolute Gasteiger partial charge is 0.354 e. The minimum Gasteiger partial charge on any atom is -0.477 e. The maximum Gasteiger partial charge on any atom is 0.354 e. The molecule has 3 N–H and O–H groups in total. The molecule has 0 saturated carbocycles. The highest BCUT2D eigenvalue weighted by atomic mass is 32.2. The van der Waals surface area contributed by atoms with Crippen LogP contribution < -0.4 is 5.73 Å². The van der Waals surface area contributed by atoms with E-state index in [-0.39, 0.29) is 16.8 Å². The van der Waals surface area contributed by atoms with Crippen molar-refractivity contribution in [3.63, 3.8) is 0 Å². The number of nitrogens with zero attached hydrogens (tertiary/aromatic N) is 2. The van der Waals surface area contributed by atoms with Crippen molar-refractivity contribution in [2.24, 2.45) is 0 Å². The molecule has 5 nitrogen and oxygen atoms in total. The van der Waals surface area contributed by atoms with E-state index in [4.69, 9.17) is 10.8 Å². The Labute approximate surface area is 90.4 Å². The molecule has 78 valence electrons. The van der Waals surface area contributed by atoms with E-state index in [2.05, 4.69) is 9.97 Å². The first-order chi connectivity index (χ1) is 7.16. The average Bonchev–Trinajstić information content (AvgIpc) is 2.69. The Morgan fingerprint density at radius 3 is 3.00 bits per heavy atom. The number of rotatable bonds is 2. The number of thioether (sulfide) groups is 1. The van der Waals surface area contributed by atoms with Gasteiger partial charge in [0.05, 0.1) is 5.25 Å². The van der Waals surface area contributed by atoms with Crippen LogP contribution in [0.25, 0.3) is 0 Å². The Hall–Kier alpha value is -1.56. The molecule has 0 saturated heterocycles. The Bertz CT molecular complexity index is 425. The minimum atomic E-state index is -1.08. The van der Waals surface area contributed by atoms with E-state index in [0.717, 1.165) is 6.42 Å². The lowest BCUT2D eigenvalue weighted by molar-refractivity contribution is 0.0690. The molecule has 2 heterocycles. The molecule has 0 aliphatic carbocycles. The van der Waals surface area contributed by atoms with E-state index in [9.17, 15) is 4.79 Å². The zero-order valence-electron chi connectivity index (χ0n) is 7.75. The molecule has 2 rings (SSSR count). The maximum atomic E-state index is 10.8. The number of carboxylic acids is 1. The Morgan fingerprint density at radius 1 is 1.60 bits per heavy atom. The molecule has 0 amide bonds. The number of carboxylic acid groups (broad SMARTS) is 1. The van der Waals surface area contributed by atoms with Crippen LogP contribution in [0.1, 0.15) is 28.0 Å². The van der Waals surface area contributed by atoms with Crippen LogP contribution in [0.4, 0.5) is 5.82 Å². The topological polar surface area (TPSA) is 89.1 Å². The van der Waals surface area contributed by atoms with Gasteiger partial charge < -0.3 is 10.8 Å². The summed E-state index contributed by atoms with van der Waals surface area (Å²) in [5.74, 6) is -0.395. The first kappa shape index (κ1) is 9.97. The molecule has 6 heteroatoms. The van der Waals surface area contributed by atoms with Crippen LogP contribution in [0, 0.1) is 0 Å². The van der Waals surface area contributed by atoms with Gasteiger partial charge in [-0.15, -0.1) is 11.8 Å². The second-order valence-corrected chi connectivity index (χ2v) is 4.19. The predicted molar refractivity (Wildman–Crippen MR) is 57.5 cm³/mol. The van der Waals surface area contributed by atoms with Gasteiger partial charge in [0, 0.05) is 6.07 Å². The number of allylic oxidation sites excluding steroid dienone is 1. The lowest BCUT2D eigenvalue weighted by Crippen LogP contribution is -2.09. The molecule has 15 heavy (non-hydrogen) atoms. The quantitative estimate of drug-likeness (QED) is 0.788. The highest BCUT2D eigenvalue weighted by Gasteiger charge is 2.19. The van der Waals surface area contributed by atoms with Crippen molar-refractivity contribution in [1.82, 2.24) is 9.97 Å². The van der Waals surface area contributed by atoms with Crippen molar-refractivity contribution >= 4 is 23.5 Å². The van der Waals surface area contributed by atoms with Gasteiger partial charge in [-0.3, -0.25) is 0 Å². The average molecular weight is 223 g/mol. The summed E-state index contributed by atoms with van der Waals surface area (Å²) in [5.41, 5.74) is 5.47. The third-order valence-corrected chi connectivity index (χ3v) is 3.04. The summed E-state index contributed by atoms with van der Waals surface area (Å²) in [6.45, 7) is 0. The number of anilines is 1. The van der Waals surface area contributed by atoms with Crippen molar-refractivity contribution in [3.8, 4) is 0 Å². The van der Waals surface area contributed by atoms with Crippen molar-refractivity contribution < 1.29 is 9.90 Å². The largest absolute Gasteiger partial charge is 0.477 e. The predicted octanol–water partition coefficient (Wildman–Crippen LogP) is 1.45. The number of aromatic carboxylic acids is 1. The van der Waals surface area contributed by atoms with Gasteiger partial charge in [-0.1, -0.05) is 6.08 Å². The Balaban J connectivity index is 2.35. The molecule has 1 aromatic heterocycles. The zero-order valence-corrected chi connectivity index (χ0v) is 8.57. The molecule has 0 bridgehead atoms. The summed E-state index contributed by atoms with van der Waals surface area (Å²) in [7, 11) is 0. The Kier molecular flexibility index (Phi) is 2.59. The molecule has 1 aliphatic rings. The van der Waals surface area contributed by atoms with Crippen LogP contribution in [0.3, 0.4) is 0 Å². The number of aromatic nitrogens is 2. The van der Waals surface area contributed by atoms with Crippen molar-refractivity contribution in [3.05, 3.63) is 29.1 Å². The lowest BCUT2D eigenvalue weighted by Gasteiger charge is -2.08. The summed E-state index contributed by atoms with van der Waals surface area (Å²) in [6, 6.07) is 1.26. The van der Waals surface area contributed by atoms with Crippen LogP contribution in [0.5, 0.6) is 0 Å². The van der Waals surface area contributed by atoms with Gasteiger partial charge in [0.25, 0.3) is 0 Å². The zero-order chi connectivity index (χ0) is 10.8. The number of hydrogen-bond acceptors (Lipinski definition) is 5. The van der Waals surface area contributed by atoms with E-state index < -0.39 is 5.97 Å². The summed E-state index contributed by atoms with van der Waals surface area (Å²) in [6.07, 6.45) is 2.81. The SMILES string of the molecule is Nc1cc(C(=O)O)nc(C2CC=CS2)n1. The summed E-state index contributed by atoms with van der Waals surface area (Å²) < 4.78 is 0. The maximum absolute atomic E-state index is 10.8. The molecule has 1 atom stereocenters. The van der Waals surface area contributed by atoms with Gasteiger partial charge >= 0.3 is 5.97 Å². The third-order valence-electron chi connectivity index (χ3n) is 1.96. The first-order valence-corrected chi connectivity index (χ1v) is 5.29.